The molecule has 0 aliphatic rings. The molecule has 96 valence electrons. The average Bonchev–Trinajstić information content (AvgIpc) is 2.58. The number of thiophene rings is 1. The summed E-state index contributed by atoms with van der Waals surface area (Å²) in [5.74, 6) is -0.615. The highest BCUT2D eigenvalue weighted by Crippen LogP contribution is 2.29. The Morgan fingerprint density at radius 2 is 2.24 bits per heavy atom. The number of nitrogens with one attached hydrogen (secondary N) is 1. The van der Waals surface area contributed by atoms with Crippen molar-refractivity contribution in [2.45, 2.75) is 18.1 Å². The predicted octanol–water partition coefficient (Wildman–Crippen LogP) is 1.55. The molecule has 0 fully saturated rings. The molecule has 0 amide bonds. The third-order valence-electron chi connectivity index (χ3n) is 1.81. The normalized spacial score (nSPS) is 11.5. The first kappa shape index (κ1) is 14.4. The van der Waals surface area contributed by atoms with Gasteiger partial charge in [-0.25, -0.2) is 8.42 Å². The van der Waals surface area contributed by atoms with E-state index in [9.17, 15) is 13.2 Å². The summed E-state index contributed by atoms with van der Waals surface area (Å²) in [7, 11) is -3.69. The fourth-order valence-electron chi connectivity index (χ4n) is 1.00. The van der Waals surface area contributed by atoms with Crippen LogP contribution in [0.5, 0.6) is 0 Å². The van der Waals surface area contributed by atoms with Gasteiger partial charge in [0.25, 0.3) is 10.0 Å². The van der Waals surface area contributed by atoms with Crippen molar-refractivity contribution in [2.24, 2.45) is 0 Å². The van der Waals surface area contributed by atoms with Gasteiger partial charge in [0, 0.05) is 0 Å². The fraction of sp³-hybridized carbons (Fsp3) is 0.444. The summed E-state index contributed by atoms with van der Waals surface area (Å²) in [5.41, 5.74) is 0.688. The van der Waals surface area contributed by atoms with Crippen molar-refractivity contribution in [3.63, 3.8) is 0 Å². The van der Waals surface area contributed by atoms with E-state index >= 15 is 0 Å². The third kappa shape index (κ3) is 3.95. The van der Waals surface area contributed by atoms with Crippen molar-refractivity contribution >= 4 is 38.9 Å². The fourth-order valence-corrected chi connectivity index (χ4v) is 3.72. The Labute approximate surface area is 109 Å². The Bertz CT molecular complexity index is 490. The number of hydrogen-bond acceptors (Lipinski definition) is 5. The van der Waals surface area contributed by atoms with Gasteiger partial charge in [0.1, 0.15) is 10.8 Å². The third-order valence-corrected chi connectivity index (χ3v) is 5.24. The van der Waals surface area contributed by atoms with Gasteiger partial charge < -0.3 is 4.74 Å². The number of carbonyl (C=O) groups excluding carboxylic acids is 1. The minimum atomic E-state index is -3.69. The molecule has 0 aliphatic heterocycles. The van der Waals surface area contributed by atoms with Gasteiger partial charge in [0.05, 0.1) is 10.9 Å². The van der Waals surface area contributed by atoms with Crippen LogP contribution < -0.4 is 4.72 Å². The maximum atomic E-state index is 11.7. The summed E-state index contributed by atoms with van der Waals surface area (Å²) in [4.78, 5) is 11.0. The predicted molar refractivity (Wildman–Crippen MR) is 65.9 cm³/mol. The maximum Gasteiger partial charge on any atom is 0.321 e. The molecule has 17 heavy (non-hydrogen) atoms. The topological polar surface area (TPSA) is 72.5 Å². The molecular weight excluding hydrogens is 286 g/mol. The molecule has 1 N–H and O–H groups in total. The molecule has 0 spiro atoms. The second-order valence-corrected chi connectivity index (χ2v) is 6.80. The molecule has 0 atom stereocenters. The van der Waals surface area contributed by atoms with E-state index in [1.165, 1.54) is 6.07 Å². The lowest BCUT2D eigenvalue weighted by atomic mass is 10.4. The molecule has 0 bridgehead atoms. The van der Waals surface area contributed by atoms with Crippen LogP contribution >= 0.6 is 22.9 Å². The quantitative estimate of drug-likeness (QED) is 0.837. The summed E-state index contributed by atoms with van der Waals surface area (Å²) in [6.07, 6.45) is 0. The van der Waals surface area contributed by atoms with E-state index in [4.69, 9.17) is 11.6 Å². The molecule has 5 nitrogen and oxygen atoms in total. The molecule has 0 saturated carbocycles. The first-order chi connectivity index (χ1) is 7.86. The van der Waals surface area contributed by atoms with Crippen LogP contribution in [0.2, 0.25) is 4.34 Å². The number of aryl methyl sites for hydroxylation is 1. The average molecular weight is 298 g/mol. The SMILES string of the molecule is CCOC(=O)CNS(=O)(=O)c1cc(C)c(Cl)s1. The van der Waals surface area contributed by atoms with Gasteiger partial charge in [0.2, 0.25) is 0 Å². The number of hydrogen-bond donors (Lipinski definition) is 1. The van der Waals surface area contributed by atoms with Crippen molar-refractivity contribution in [3.05, 3.63) is 16.0 Å². The number of sulfonamides is 1. The van der Waals surface area contributed by atoms with Crippen molar-refractivity contribution in [1.29, 1.82) is 0 Å². The van der Waals surface area contributed by atoms with Crippen molar-refractivity contribution in [2.75, 3.05) is 13.2 Å². The molecule has 1 aromatic rings. The standard InChI is InChI=1S/C9H12ClNO4S2/c1-3-15-7(12)5-11-17(13,14)8-4-6(2)9(10)16-8/h4,11H,3,5H2,1-2H3. The van der Waals surface area contributed by atoms with Crippen LogP contribution in [0.4, 0.5) is 0 Å². The first-order valence-corrected chi connectivity index (χ1v) is 7.45. The molecule has 0 radical (unpaired) electrons. The summed E-state index contributed by atoms with van der Waals surface area (Å²) < 4.78 is 30.7. The Hall–Kier alpha value is -0.630. The molecule has 0 saturated heterocycles. The Balaban J connectivity index is 2.72. The smallest absolute Gasteiger partial charge is 0.321 e. The van der Waals surface area contributed by atoms with E-state index in [1.54, 1.807) is 13.8 Å². The molecule has 0 aliphatic carbocycles. The largest absolute Gasteiger partial charge is 0.465 e. The Kier molecular flexibility index (Phi) is 4.93. The van der Waals surface area contributed by atoms with Crippen LogP contribution in [-0.4, -0.2) is 27.5 Å². The number of carbonyl (C=O) groups is 1. The Morgan fingerprint density at radius 3 is 2.71 bits per heavy atom. The van der Waals surface area contributed by atoms with Crippen LogP contribution in [0.25, 0.3) is 0 Å². The minimum absolute atomic E-state index is 0.0873. The van der Waals surface area contributed by atoms with Gasteiger partial charge in [-0.15, -0.1) is 11.3 Å². The zero-order valence-corrected chi connectivity index (χ0v) is 11.7. The molecule has 8 heteroatoms. The van der Waals surface area contributed by atoms with E-state index in [1.807, 2.05) is 0 Å². The Morgan fingerprint density at radius 1 is 1.59 bits per heavy atom. The highest BCUT2D eigenvalue weighted by Gasteiger charge is 2.19. The molecule has 1 aromatic heterocycles. The van der Waals surface area contributed by atoms with Crippen molar-refractivity contribution in [1.82, 2.24) is 4.72 Å². The highest BCUT2D eigenvalue weighted by atomic mass is 35.5. The molecule has 0 aromatic carbocycles. The lowest BCUT2D eigenvalue weighted by Gasteiger charge is -2.03. The summed E-state index contributed by atoms with van der Waals surface area (Å²) in [6.45, 7) is 3.19. The van der Waals surface area contributed by atoms with E-state index in [2.05, 4.69) is 9.46 Å². The van der Waals surface area contributed by atoms with Crippen LogP contribution in [0.15, 0.2) is 10.3 Å². The molecule has 0 unspecified atom stereocenters. The second-order valence-electron chi connectivity index (χ2n) is 3.15. The first-order valence-electron chi connectivity index (χ1n) is 4.78. The second kappa shape index (κ2) is 5.81. The summed E-state index contributed by atoms with van der Waals surface area (Å²) in [6, 6.07) is 1.46. The van der Waals surface area contributed by atoms with Gasteiger partial charge >= 0.3 is 5.97 Å². The van der Waals surface area contributed by atoms with Gasteiger partial charge in [-0.05, 0) is 25.5 Å². The summed E-state index contributed by atoms with van der Waals surface area (Å²) in [5, 5.41) is 0. The lowest BCUT2D eigenvalue weighted by Crippen LogP contribution is -2.30. The van der Waals surface area contributed by atoms with E-state index in [-0.39, 0.29) is 17.4 Å². The van der Waals surface area contributed by atoms with Crippen LogP contribution in [0, 0.1) is 6.92 Å². The highest BCUT2D eigenvalue weighted by molar-refractivity contribution is 7.91. The number of ether oxygens (including phenoxy) is 1. The van der Waals surface area contributed by atoms with Crippen LogP contribution in [-0.2, 0) is 19.6 Å². The van der Waals surface area contributed by atoms with Gasteiger partial charge in [0.15, 0.2) is 0 Å². The van der Waals surface area contributed by atoms with Crippen LogP contribution in [0.1, 0.15) is 12.5 Å². The number of halogens is 1. The van der Waals surface area contributed by atoms with Crippen molar-refractivity contribution in [3.8, 4) is 0 Å². The van der Waals surface area contributed by atoms with Gasteiger partial charge in [-0.1, -0.05) is 11.6 Å². The van der Waals surface area contributed by atoms with Gasteiger partial charge in [-0.3, -0.25) is 4.79 Å². The molecule has 1 heterocycles. The van der Waals surface area contributed by atoms with E-state index in [0.717, 1.165) is 11.3 Å². The van der Waals surface area contributed by atoms with Gasteiger partial charge in [-0.2, -0.15) is 4.72 Å². The number of esters is 1. The molecular formula is C9H12ClNO4S2. The zero-order chi connectivity index (χ0) is 13.1. The van der Waals surface area contributed by atoms with Crippen LogP contribution in [0.3, 0.4) is 0 Å². The van der Waals surface area contributed by atoms with Crippen molar-refractivity contribution < 1.29 is 17.9 Å². The van der Waals surface area contributed by atoms with E-state index < -0.39 is 16.0 Å². The molecule has 1 rings (SSSR count). The zero-order valence-electron chi connectivity index (χ0n) is 9.32. The minimum Gasteiger partial charge on any atom is -0.465 e. The number of rotatable bonds is 5. The summed E-state index contributed by atoms with van der Waals surface area (Å²) >= 11 is 6.73. The maximum absolute atomic E-state index is 11.7. The monoisotopic (exact) mass is 297 g/mol. The van der Waals surface area contributed by atoms with E-state index in [0.29, 0.717) is 9.90 Å². The lowest BCUT2D eigenvalue weighted by molar-refractivity contribution is -0.141.